The lowest BCUT2D eigenvalue weighted by Gasteiger charge is -2.27. The maximum Gasteiger partial charge on any atom is 0.163 e. The van der Waals surface area contributed by atoms with E-state index in [1.807, 2.05) is 30.5 Å². The summed E-state index contributed by atoms with van der Waals surface area (Å²) < 4.78 is 5.44. The Morgan fingerprint density at radius 2 is 2.13 bits per heavy atom. The van der Waals surface area contributed by atoms with Crippen molar-refractivity contribution in [1.29, 1.82) is 0 Å². The molecule has 1 aromatic heterocycles. The first kappa shape index (κ1) is 15.7. The number of rotatable bonds is 7. The Morgan fingerprint density at radius 1 is 1.30 bits per heavy atom. The minimum atomic E-state index is 0.534. The molecule has 0 amide bonds. The third kappa shape index (κ3) is 3.45. The zero-order valence-electron chi connectivity index (χ0n) is 13.6. The third-order valence-electron chi connectivity index (χ3n) is 4.35. The number of methoxy groups -OCH3 is 1. The van der Waals surface area contributed by atoms with Crippen LogP contribution in [-0.2, 0) is 0 Å². The first-order valence-corrected chi connectivity index (χ1v) is 8.27. The summed E-state index contributed by atoms with van der Waals surface area (Å²) in [7, 11) is 1.68. The standard InChI is InChI=1S/C18H24N4O/c1-23-16-9-3-2-8-14(16)18-21-12-15(20-11-5-10-19)17(22-18)13-6-4-7-13/h2-3,8-9,12-13,20H,4-7,10-11,19H2,1H3. The normalized spacial score (nSPS) is 14.3. The molecular formula is C18H24N4O. The molecule has 3 N–H and O–H groups in total. The van der Waals surface area contributed by atoms with E-state index in [4.69, 9.17) is 15.5 Å². The minimum Gasteiger partial charge on any atom is -0.496 e. The van der Waals surface area contributed by atoms with Crippen LogP contribution >= 0.6 is 0 Å². The summed E-state index contributed by atoms with van der Waals surface area (Å²) in [6.07, 6.45) is 6.53. The Morgan fingerprint density at radius 3 is 2.83 bits per heavy atom. The summed E-state index contributed by atoms with van der Waals surface area (Å²) in [5.74, 6) is 2.07. The Hall–Kier alpha value is -2.14. The van der Waals surface area contributed by atoms with Crippen LogP contribution in [0.1, 0.15) is 37.3 Å². The van der Waals surface area contributed by atoms with Gasteiger partial charge in [0, 0.05) is 12.5 Å². The molecule has 1 aromatic carbocycles. The fourth-order valence-corrected chi connectivity index (χ4v) is 2.81. The monoisotopic (exact) mass is 312 g/mol. The molecule has 5 heteroatoms. The van der Waals surface area contributed by atoms with Gasteiger partial charge in [-0.05, 0) is 37.9 Å². The van der Waals surface area contributed by atoms with E-state index in [9.17, 15) is 0 Å². The van der Waals surface area contributed by atoms with Gasteiger partial charge >= 0.3 is 0 Å². The van der Waals surface area contributed by atoms with Crippen molar-refractivity contribution in [2.75, 3.05) is 25.5 Å². The van der Waals surface area contributed by atoms with Gasteiger partial charge in [0.1, 0.15) is 5.75 Å². The van der Waals surface area contributed by atoms with Gasteiger partial charge in [-0.25, -0.2) is 9.97 Å². The maximum absolute atomic E-state index is 5.57. The molecule has 1 aliphatic rings. The summed E-state index contributed by atoms with van der Waals surface area (Å²) in [5.41, 5.74) is 8.68. The molecule has 3 rings (SSSR count). The van der Waals surface area contributed by atoms with E-state index in [0.717, 1.165) is 41.5 Å². The zero-order valence-corrected chi connectivity index (χ0v) is 13.6. The molecule has 1 aliphatic carbocycles. The molecule has 1 saturated carbocycles. The fourth-order valence-electron chi connectivity index (χ4n) is 2.81. The molecule has 0 saturated heterocycles. The van der Waals surface area contributed by atoms with E-state index in [1.165, 1.54) is 19.3 Å². The lowest BCUT2D eigenvalue weighted by Crippen LogP contribution is -2.16. The van der Waals surface area contributed by atoms with Crippen LogP contribution < -0.4 is 15.8 Å². The van der Waals surface area contributed by atoms with Crippen LogP contribution in [0, 0.1) is 0 Å². The van der Waals surface area contributed by atoms with Crippen LogP contribution in [0.15, 0.2) is 30.5 Å². The van der Waals surface area contributed by atoms with E-state index >= 15 is 0 Å². The second-order valence-corrected chi connectivity index (χ2v) is 5.89. The van der Waals surface area contributed by atoms with Gasteiger partial charge in [-0.3, -0.25) is 0 Å². The highest BCUT2D eigenvalue weighted by Gasteiger charge is 2.25. The first-order valence-electron chi connectivity index (χ1n) is 8.27. The van der Waals surface area contributed by atoms with E-state index in [0.29, 0.717) is 12.5 Å². The van der Waals surface area contributed by atoms with Gasteiger partial charge < -0.3 is 15.8 Å². The number of nitrogens with two attached hydrogens (primary N) is 1. The smallest absolute Gasteiger partial charge is 0.163 e. The lowest BCUT2D eigenvalue weighted by molar-refractivity contribution is 0.410. The number of benzene rings is 1. The summed E-state index contributed by atoms with van der Waals surface area (Å²) in [6, 6.07) is 7.88. The van der Waals surface area contributed by atoms with Crippen LogP contribution in [-0.4, -0.2) is 30.2 Å². The van der Waals surface area contributed by atoms with Crippen molar-refractivity contribution in [1.82, 2.24) is 9.97 Å². The molecule has 0 atom stereocenters. The Bertz CT molecular complexity index is 655. The molecular weight excluding hydrogens is 288 g/mol. The summed E-state index contributed by atoms with van der Waals surface area (Å²) in [5, 5.41) is 3.43. The van der Waals surface area contributed by atoms with Gasteiger partial charge in [0.15, 0.2) is 5.82 Å². The topological polar surface area (TPSA) is 73.1 Å². The third-order valence-corrected chi connectivity index (χ3v) is 4.35. The van der Waals surface area contributed by atoms with E-state index in [-0.39, 0.29) is 0 Å². The average Bonchev–Trinajstić information content (AvgIpc) is 2.54. The second kappa shape index (κ2) is 7.42. The summed E-state index contributed by atoms with van der Waals surface area (Å²) in [4.78, 5) is 9.42. The molecule has 2 aromatic rings. The van der Waals surface area contributed by atoms with E-state index in [1.54, 1.807) is 7.11 Å². The Balaban J connectivity index is 1.93. The van der Waals surface area contributed by atoms with Crippen molar-refractivity contribution in [3.63, 3.8) is 0 Å². The van der Waals surface area contributed by atoms with Crippen molar-refractivity contribution in [2.45, 2.75) is 31.6 Å². The number of aromatic nitrogens is 2. The van der Waals surface area contributed by atoms with Crippen LogP contribution in [0.5, 0.6) is 5.75 Å². The molecule has 1 heterocycles. The molecule has 23 heavy (non-hydrogen) atoms. The number of nitrogens with one attached hydrogen (secondary N) is 1. The van der Waals surface area contributed by atoms with Crippen molar-refractivity contribution in [3.8, 4) is 17.1 Å². The van der Waals surface area contributed by atoms with Gasteiger partial charge in [0.2, 0.25) is 0 Å². The predicted molar refractivity (Wildman–Crippen MR) is 92.8 cm³/mol. The van der Waals surface area contributed by atoms with Crippen molar-refractivity contribution >= 4 is 5.69 Å². The second-order valence-electron chi connectivity index (χ2n) is 5.89. The van der Waals surface area contributed by atoms with Crippen LogP contribution in [0.2, 0.25) is 0 Å². The Labute approximate surface area is 137 Å². The van der Waals surface area contributed by atoms with Crippen molar-refractivity contribution < 1.29 is 4.74 Å². The highest BCUT2D eigenvalue weighted by Crippen LogP contribution is 2.39. The number of para-hydroxylation sites is 1. The highest BCUT2D eigenvalue weighted by atomic mass is 16.5. The molecule has 5 nitrogen and oxygen atoms in total. The molecule has 122 valence electrons. The van der Waals surface area contributed by atoms with Crippen LogP contribution in [0.25, 0.3) is 11.4 Å². The number of anilines is 1. The molecule has 0 spiro atoms. The van der Waals surface area contributed by atoms with Crippen LogP contribution in [0.3, 0.4) is 0 Å². The van der Waals surface area contributed by atoms with E-state index in [2.05, 4.69) is 10.3 Å². The number of hydrogen-bond acceptors (Lipinski definition) is 5. The molecule has 0 bridgehead atoms. The molecule has 1 fully saturated rings. The minimum absolute atomic E-state index is 0.534. The molecule has 0 aliphatic heterocycles. The number of ether oxygens (including phenoxy) is 1. The van der Waals surface area contributed by atoms with Gasteiger partial charge in [-0.1, -0.05) is 18.6 Å². The van der Waals surface area contributed by atoms with Gasteiger partial charge in [-0.2, -0.15) is 0 Å². The number of hydrogen-bond donors (Lipinski definition) is 2. The SMILES string of the molecule is COc1ccccc1-c1ncc(NCCCN)c(C2CCC2)n1. The largest absolute Gasteiger partial charge is 0.496 e. The summed E-state index contributed by atoms with van der Waals surface area (Å²) in [6.45, 7) is 1.54. The van der Waals surface area contributed by atoms with Gasteiger partial charge in [0.05, 0.1) is 30.3 Å². The quantitative estimate of drug-likeness (QED) is 0.768. The molecule has 0 unspecified atom stereocenters. The lowest BCUT2D eigenvalue weighted by atomic mass is 9.82. The molecule has 0 radical (unpaired) electrons. The number of nitrogens with zero attached hydrogens (tertiary/aromatic N) is 2. The van der Waals surface area contributed by atoms with Gasteiger partial charge in [-0.15, -0.1) is 0 Å². The fraction of sp³-hybridized carbons (Fsp3) is 0.444. The maximum atomic E-state index is 5.57. The predicted octanol–water partition coefficient (Wildman–Crippen LogP) is 3.18. The summed E-state index contributed by atoms with van der Waals surface area (Å²) >= 11 is 0. The average molecular weight is 312 g/mol. The van der Waals surface area contributed by atoms with Gasteiger partial charge in [0.25, 0.3) is 0 Å². The van der Waals surface area contributed by atoms with Crippen molar-refractivity contribution in [3.05, 3.63) is 36.2 Å². The first-order chi connectivity index (χ1) is 11.3. The van der Waals surface area contributed by atoms with Crippen LogP contribution in [0.4, 0.5) is 5.69 Å². The highest BCUT2D eigenvalue weighted by molar-refractivity contribution is 5.65. The van der Waals surface area contributed by atoms with E-state index < -0.39 is 0 Å². The zero-order chi connectivity index (χ0) is 16.1. The Kier molecular flexibility index (Phi) is 5.08. The van der Waals surface area contributed by atoms with Crippen molar-refractivity contribution in [2.24, 2.45) is 5.73 Å².